The molecule has 160 valence electrons. The Morgan fingerprint density at radius 1 is 0.897 bits per heavy atom. The molecule has 0 atom stereocenters. The molecule has 0 saturated carbocycles. The molecule has 2 heterocycles. The second kappa shape index (κ2) is 9.61. The van der Waals surface area contributed by atoms with Crippen LogP contribution >= 0.6 is 0 Å². The van der Waals surface area contributed by atoms with Crippen LogP contribution in [0.15, 0.2) is 24.3 Å². The lowest BCUT2D eigenvalue weighted by Gasteiger charge is -2.27. The van der Waals surface area contributed by atoms with E-state index >= 15 is 0 Å². The number of piperidine rings is 1. The highest BCUT2D eigenvalue weighted by Gasteiger charge is 2.24. The maximum absolute atomic E-state index is 12.8. The number of hydrogen-bond acceptors (Lipinski definition) is 4. The molecule has 0 unspecified atom stereocenters. The topological polar surface area (TPSA) is 53.1 Å². The Hall–Kier alpha value is -2.08. The van der Waals surface area contributed by atoms with E-state index in [1.807, 2.05) is 48.8 Å². The Morgan fingerprint density at radius 3 is 2.34 bits per heavy atom. The number of carbonyl (C=O) groups is 2. The summed E-state index contributed by atoms with van der Waals surface area (Å²) >= 11 is 0. The molecular weight excluding hydrogens is 366 g/mol. The van der Waals surface area contributed by atoms with E-state index < -0.39 is 5.60 Å². The quantitative estimate of drug-likeness (QED) is 0.774. The lowest BCUT2D eigenvalue weighted by molar-refractivity contribution is 0.0257. The minimum Gasteiger partial charge on any atom is -0.444 e. The zero-order valence-electron chi connectivity index (χ0n) is 18.2. The molecule has 2 amide bonds. The van der Waals surface area contributed by atoms with Crippen LogP contribution in [0, 0.1) is 0 Å². The van der Waals surface area contributed by atoms with E-state index in [1.54, 1.807) is 0 Å². The second-order valence-corrected chi connectivity index (χ2v) is 9.15. The van der Waals surface area contributed by atoms with Crippen LogP contribution in [0.3, 0.4) is 0 Å². The predicted molar refractivity (Wildman–Crippen MR) is 114 cm³/mol. The first-order valence-electron chi connectivity index (χ1n) is 10.9. The fraction of sp³-hybridized carbons (Fsp3) is 0.652. The van der Waals surface area contributed by atoms with Gasteiger partial charge in [0.15, 0.2) is 0 Å². The van der Waals surface area contributed by atoms with Crippen LogP contribution in [0.5, 0.6) is 0 Å². The zero-order valence-corrected chi connectivity index (χ0v) is 18.2. The molecule has 1 aromatic carbocycles. The van der Waals surface area contributed by atoms with Gasteiger partial charge in [0.25, 0.3) is 5.91 Å². The van der Waals surface area contributed by atoms with Gasteiger partial charge in [-0.1, -0.05) is 12.1 Å². The molecule has 0 radical (unpaired) electrons. The van der Waals surface area contributed by atoms with Crippen molar-refractivity contribution in [1.82, 2.24) is 14.7 Å². The SMILES string of the molecule is CC(C)(C)OC(=O)N1CCCN(Cc2cccc(C(=O)N3CCCCC3)c2)CC1. The van der Waals surface area contributed by atoms with Gasteiger partial charge in [0, 0.05) is 51.4 Å². The number of amides is 2. The van der Waals surface area contributed by atoms with Crippen LogP contribution in [0.2, 0.25) is 0 Å². The van der Waals surface area contributed by atoms with Crippen molar-refractivity contribution in [2.45, 2.75) is 58.6 Å². The first-order chi connectivity index (χ1) is 13.8. The Kier molecular flexibility index (Phi) is 7.17. The number of benzene rings is 1. The highest BCUT2D eigenvalue weighted by Crippen LogP contribution is 2.17. The first kappa shape index (κ1) is 21.6. The molecule has 0 aromatic heterocycles. The van der Waals surface area contributed by atoms with Crippen LogP contribution in [0.1, 0.15) is 62.4 Å². The van der Waals surface area contributed by atoms with Gasteiger partial charge in [0.05, 0.1) is 0 Å². The van der Waals surface area contributed by atoms with Crippen LogP contribution in [-0.2, 0) is 11.3 Å². The van der Waals surface area contributed by atoms with E-state index in [9.17, 15) is 9.59 Å². The molecule has 0 bridgehead atoms. The summed E-state index contributed by atoms with van der Waals surface area (Å²) in [6.45, 7) is 11.4. The molecule has 29 heavy (non-hydrogen) atoms. The third kappa shape index (κ3) is 6.46. The van der Waals surface area contributed by atoms with Crippen molar-refractivity contribution in [3.8, 4) is 0 Å². The maximum atomic E-state index is 12.8. The van der Waals surface area contributed by atoms with Gasteiger partial charge in [-0.2, -0.15) is 0 Å². The molecule has 1 aromatic rings. The number of likely N-dealkylation sites (tertiary alicyclic amines) is 1. The molecule has 0 aliphatic carbocycles. The molecule has 2 saturated heterocycles. The highest BCUT2D eigenvalue weighted by atomic mass is 16.6. The smallest absolute Gasteiger partial charge is 0.410 e. The lowest BCUT2D eigenvalue weighted by Crippen LogP contribution is -2.39. The largest absolute Gasteiger partial charge is 0.444 e. The van der Waals surface area contributed by atoms with Gasteiger partial charge in [0.1, 0.15) is 5.60 Å². The number of carbonyl (C=O) groups excluding carboxylic acids is 2. The van der Waals surface area contributed by atoms with Gasteiger partial charge in [-0.3, -0.25) is 9.69 Å². The van der Waals surface area contributed by atoms with Gasteiger partial charge in [0.2, 0.25) is 0 Å². The van der Waals surface area contributed by atoms with Crippen molar-refractivity contribution in [2.24, 2.45) is 0 Å². The third-order valence-electron chi connectivity index (χ3n) is 5.46. The minimum absolute atomic E-state index is 0.151. The summed E-state index contributed by atoms with van der Waals surface area (Å²) in [7, 11) is 0. The van der Waals surface area contributed by atoms with Crippen LogP contribution < -0.4 is 0 Å². The Balaban J connectivity index is 1.56. The zero-order chi connectivity index (χ0) is 20.9. The Bertz CT molecular complexity index is 708. The van der Waals surface area contributed by atoms with Crippen molar-refractivity contribution >= 4 is 12.0 Å². The summed E-state index contributed by atoms with van der Waals surface area (Å²) in [5.41, 5.74) is 1.47. The van der Waals surface area contributed by atoms with E-state index in [1.165, 1.54) is 6.42 Å². The second-order valence-electron chi connectivity index (χ2n) is 9.15. The van der Waals surface area contributed by atoms with Crippen LogP contribution in [0.25, 0.3) is 0 Å². The maximum Gasteiger partial charge on any atom is 0.410 e. The van der Waals surface area contributed by atoms with Gasteiger partial charge in [-0.25, -0.2) is 4.79 Å². The Morgan fingerprint density at radius 2 is 1.62 bits per heavy atom. The number of ether oxygens (including phenoxy) is 1. The summed E-state index contributed by atoms with van der Waals surface area (Å²) in [5.74, 6) is 0.151. The van der Waals surface area contributed by atoms with Crippen molar-refractivity contribution in [3.63, 3.8) is 0 Å². The fourth-order valence-corrected chi connectivity index (χ4v) is 3.98. The monoisotopic (exact) mass is 401 g/mol. The molecule has 0 spiro atoms. The summed E-state index contributed by atoms with van der Waals surface area (Å²) in [6, 6.07) is 8.03. The lowest BCUT2D eigenvalue weighted by atomic mass is 10.1. The van der Waals surface area contributed by atoms with Gasteiger partial charge in [-0.05, 0) is 64.2 Å². The van der Waals surface area contributed by atoms with Crippen molar-refractivity contribution in [3.05, 3.63) is 35.4 Å². The molecule has 2 fully saturated rings. The average Bonchev–Trinajstić information content (AvgIpc) is 2.93. The van der Waals surface area contributed by atoms with Crippen molar-refractivity contribution < 1.29 is 14.3 Å². The molecule has 0 N–H and O–H groups in total. The van der Waals surface area contributed by atoms with E-state index in [0.717, 1.165) is 69.7 Å². The summed E-state index contributed by atoms with van der Waals surface area (Å²) in [5, 5.41) is 0. The van der Waals surface area contributed by atoms with Gasteiger partial charge < -0.3 is 14.5 Å². The van der Waals surface area contributed by atoms with Crippen molar-refractivity contribution in [1.29, 1.82) is 0 Å². The average molecular weight is 402 g/mol. The molecular formula is C23H35N3O3. The van der Waals surface area contributed by atoms with Gasteiger partial charge >= 0.3 is 6.09 Å². The van der Waals surface area contributed by atoms with Crippen LogP contribution in [-0.4, -0.2) is 71.6 Å². The molecule has 2 aliphatic rings. The molecule has 6 nitrogen and oxygen atoms in total. The predicted octanol–water partition coefficient (Wildman–Crippen LogP) is 3.76. The van der Waals surface area contributed by atoms with E-state index in [4.69, 9.17) is 4.74 Å². The normalized spacial score (nSPS) is 19.0. The molecule has 6 heteroatoms. The van der Waals surface area contributed by atoms with Crippen LogP contribution in [0.4, 0.5) is 4.79 Å². The van der Waals surface area contributed by atoms with E-state index in [0.29, 0.717) is 6.54 Å². The number of rotatable bonds is 3. The summed E-state index contributed by atoms with van der Waals surface area (Å²) < 4.78 is 5.51. The Labute approximate surface area is 174 Å². The first-order valence-corrected chi connectivity index (χ1v) is 10.9. The summed E-state index contributed by atoms with van der Waals surface area (Å²) in [4.78, 5) is 31.3. The standard InChI is InChI=1S/C23H35N3O3/c1-23(2,3)29-22(28)26-14-8-11-24(15-16-26)18-19-9-7-10-20(17-19)21(27)25-12-5-4-6-13-25/h7,9-10,17H,4-6,8,11-16,18H2,1-3H3. The highest BCUT2D eigenvalue weighted by molar-refractivity contribution is 5.94. The molecule has 3 rings (SSSR count). The van der Waals surface area contributed by atoms with Gasteiger partial charge in [-0.15, -0.1) is 0 Å². The minimum atomic E-state index is -0.468. The third-order valence-corrected chi connectivity index (χ3v) is 5.46. The number of nitrogens with zero attached hydrogens (tertiary/aromatic N) is 3. The van der Waals surface area contributed by atoms with Crippen molar-refractivity contribution in [2.75, 3.05) is 39.3 Å². The number of hydrogen-bond donors (Lipinski definition) is 0. The van der Waals surface area contributed by atoms with E-state index in [2.05, 4.69) is 11.0 Å². The fourth-order valence-electron chi connectivity index (χ4n) is 3.98. The van der Waals surface area contributed by atoms with E-state index in [-0.39, 0.29) is 12.0 Å². The summed E-state index contributed by atoms with van der Waals surface area (Å²) in [6.07, 6.45) is 4.12. The molecule has 2 aliphatic heterocycles.